The second-order valence-corrected chi connectivity index (χ2v) is 3.44. The molecule has 0 aromatic carbocycles. The van der Waals surface area contributed by atoms with Crippen LogP contribution in [0.3, 0.4) is 0 Å². The molecule has 0 aliphatic carbocycles. The van der Waals surface area contributed by atoms with E-state index in [1.54, 1.807) is 6.92 Å². The lowest BCUT2D eigenvalue weighted by molar-refractivity contribution is 0.437. The van der Waals surface area contributed by atoms with Crippen molar-refractivity contribution in [3.63, 3.8) is 0 Å². The molecular formula is C8H11ClN2O2. The summed E-state index contributed by atoms with van der Waals surface area (Å²) in [5, 5.41) is 8.91. The van der Waals surface area contributed by atoms with Crippen LogP contribution in [0.4, 0.5) is 0 Å². The molecule has 1 rings (SSSR count). The highest BCUT2D eigenvalue weighted by atomic mass is 35.5. The van der Waals surface area contributed by atoms with E-state index in [0.29, 0.717) is 5.82 Å². The van der Waals surface area contributed by atoms with Crippen LogP contribution >= 0.6 is 11.6 Å². The van der Waals surface area contributed by atoms with Gasteiger partial charge >= 0.3 is 0 Å². The zero-order valence-corrected chi connectivity index (χ0v) is 8.46. The highest BCUT2D eigenvalue weighted by molar-refractivity contribution is 6.31. The molecule has 0 aliphatic rings. The van der Waals surface area contributed by atoms with Gasteiger partial charge in [0.15, 0.2) is 5.02 Å². The van der Waals surface area contributed by atoms with Crippen molar-refractivity contribution in [2.24, 2.45) is 0 Å². The molecule has 0 atom stereocenters. The van der Waals surface area contributed by atoms with Gasteiger partial charge in [-0.2, -0.15) is 4.98 Å². The second-order valence-electron chi connectivity index (χ2n) is 3.07. The summed E-state index contributed by atoms with van der Waals surface area (Å²) in [5.74, 6) is 0.0583. The molecule has 0 aliphatic heterocycles. The Kier molecular flexibility index (Phi) is 2.61. The Morgan fingerprint density at radius 1 is 1.54 bits per heavy atom. The monoisotopic (exact) mass is 202 g/mol. The smallest absolute Gasteiger partial charge is 0.276 e. The predicted octanol–water partition coefficient (Wildman–Crippen LogP) is 1.49. The first-order chi connectivity index (χ1) is 5.95. The number of rotatable bonds is 1. The molecule has 0 spiro atoms. The Bertz CT molecular complexity index is 384. The van der Waals surface area contributed by atoms with Crippen molar-refractivity contribution in [2.75, 3.05) is 0 Å². The van der Waals surface area contributed by atoms with Crippen molar-refractivity contribution in [1.82, 2.24) is 9.55 Å². The minimum absolute atomic E-state index is 0.0156. The third-order valence-corrected chi connectivity index (χ3v) is 2.07. The molecule has 1 aromatic heterocycles. The number of hydrogen-bond donors (Lipinski definition) is 1. The van der Waals surface area contributed by atoms with Crippen molar-refractivity contribution in [3.8, 4) is 5.88 Å². The Balaban J connectivity index is 3.54. The van der Waals surface area contributed by atoms with E-state index in [9.17, 15) is 4.79 Å². The Morgan fingerprint density at radius 3 is 2.54 bits per heavy atom. The largest absolute Gasteiger partial charge is 0.492 e. The van der Waals surface area contributed by atoms with Crippen molar-refractivity contribution >= 4 is 11.6 Å². The van der Waals surface area contributed by atoms with Gasteiger partial charge in [0, 0.05) is 6.04 Å². The van der Waals surface area contributed by atoms with Crippen LogP contribution in [0.25, 0.3) is 0 Å². The van der Waals surface area contributed by atoms with Gasteiger partial charge in [0.1, 0.15) is 5.82 Å². The molecule has 13 heavy (non-hydrogen) atoms. The fourth-order valence-corrected chi connectivity index (χ4v) is 1.35. The molecule has 0 amide bonds. The van der Waals surface area contributed by atoms with Gasteiger partial charge in [0.05, 0.1) is 0 Å². The van der Waals surface area contributed by atoms with Crippen LogP contribution in [0, 0.1) is 6.92 Å². The maximum atomic E-state index is 11.5. The van der Waals surface area contributed by atoms with Crippen LogP contribution in [0.5, 0.6) is 5.88 Å². The zero-order chi connectivity index (χ0) is 10.2. The molecular weight excluding hydrogens is 192 g/mol. The maximum absolute atomic E-state index is 11.5. The van der Waals surface area contributed by atoms with E-state index in [2.05, 4.69) is 4.98 Å². The number of nitrogens with zero attached hydrogens (tertiary/aromatic N) is 2. The van der Waals surface area contributed by atoms with Gasteiger partial charge in [-0.05, 0) is 20.8 Å². The topological polar surface area (TPSA) is 55.1 Å². The van der Waals surface area contributed by atoms with Gasteiger partial charge in [-0.15, -0.1) is 0 Å². The summed E-state index contributed by atoms with van der Waals surface area (Å²) in [6.07, 6.45) is 0. The molecule has 72 valence electrons. The minimum Gasteiger partial charge on any atom is -0.492 e. The average Bonchev–Trinajstić information content (AvgIpc) is 1.99. The summed E-state index contributed by atoms with van der Waals surface area (Å²) in [7, 11) is 0. The lowest BCUT2D eigenvalue weighted by Gasteiger charge is -2.13. The third kappa shape index (κ3) is 1.67. The molecule has 0 bridgehead atoms. The fourth-order valence-electron chi connectivity index (χ4n) is 1.21. The summed E-state index contributed by atoms with van der Waals surface area (Å²) in [4.78, 5) is 15.2. The highest BCUT2D eigenvalue weighted by Gasteiger charge is 2.13. The lowest BCUT2D eigenvalue weighted by Crippen LogP contribution is -2.25. The van der Waals surface area contributed by atoms with E-state index < -0.39 is 11.4 Å². The molecule has 5 heteroatoms. The van der Waals surface area contributed by atoms with Crippen LogP contribution in [0.15, 0.2) is 4.79 Å². The predicted molar refractivity (Wildman–Crippen MR) is 50.3 cm³/mol. The zero-order valence-electron chi connectivity index (χ0n) is 7.71. The summed E-state index contributed by atoms with van der Waals surface area (Å²) in [6.45, 7) is 5.35. The van der Waals surface area contributed by atoms with E-state index in [-0.39, 0.29) is 11.1 Å². The van der Waals surface area contributed by atoms with Crippen LogP contribution < -0.4 is 5.56 Å². The number of aromatic nitrogens is 2. The molecule has 0 radical (unpaired) electrons. The van der Waals surface area contributed by atoms with Crippen molar-refractivity contribution in [1.29, 1.82) is 0 Å². The van der Waals surface area contributed by atoms with Gasteiger partial charge in [0.2, 0.25) is 5.88 Å². The van der Waals surface area contributed by atoms with E-state index in [1.807, 2.05) is 13.8 Å². The maximum Gasteiger partial charge on any atom is 0.276 e. The summed E-state index contributed by atoms with van der Waals surface area (Å²) in [6, 6.07) is -0.0156. The molecule has 1 aromatic rings. The van der Waals surface area contributed by atoms with E-state index in [1.165, 1.54) is 4.57 Å². The van der Waals surface area contributed by atoms with Crippen LogP contribution in [-0.4, -0.2) is 14.7 Å². The van der Waals surface area contributed by atoms with E-state index in [4.69, 9.17) is 16.7 Å². The van der Waals surface area contributed by atoms with Crippen molar-refractivity contribution in [3.05, 3.63) is 21.2 Å². The summed E-state index contributed by atoms with van der Waals surface area (Å²) >= 11 is 5.55. The molecule has 0 unspecified atom stereocenters. The number of aryl methyl sites for hydroxylation is 1. The normalized spacial score (nSPS) is 10.8. The molecule has 4 nitrogen and oxygen atoms in total. The molecule has 0 saturated carbocycles. The first-order valence-electron chi connectivity index (χ1n) is 3.92. The second kappa shape index (κ2) is 3.38. The number of hydrogen-bond acceptors (Lipinski definition) is 3. The van der Waals surface area contributed by atoms with Gasteiger partial charge in [-0.3, -0.25) is 9.36 Å². The molecule has 1 N–H and O–H groups in total. The first kappa shape index (κ1) is 10.1. The van der Waals surface area contributed by atoms with Gasteiger partial charge in [-0.25, -0.2) is 0 Å². The standard InChI is InChI=1S/C8H11ClN2O2/c1-4(2)11-5(3)10-7(12)6(9)8(11)13/h4,12H,1-3H3. The Hall–Kier alpha value is -1.03. The van der Waals surface area contributed by atoms with E-state index >= 15 is 0 Å². The highest BCUT2D eigenvalue weighted by Crippen LogP contribution is 2.16. The number of aromatic hydroxyl groups is 1. The molecule has 0 fully saturated rings. The Labute approximate surface area is 80.8 Å². The summed E-state index contributed by atoms with van der Waals surface area (Å²) in [5.41, 5.74) is -0.401. The fraction of sp³-hybridized carbons (Fsp3) is 0.500. The van der Waals surface area contributed by atoms with Crippen LogP contribution in [0.2, 0.25) is 5.02 Å². The van der Waals surface area contributed by atoms with Gasteiger partial charge in [0.25, 0.3) is 5.56 Å². The third-order valence-electron chi connectivity index (χ3n) is 1.74. The van der Waals surface area contributed by atoms with Crippen LogP contribution in [-0.2, 0) is 0 Å². The number of halogens is 1. The van der Waals surface area contributed by atoms with Crippen LogP contribution in [0.1, 0.15) is 25.7 Å². The SMILES string of the molecule is Cc1nc(O)c(Cl)c(=O)n1C(C)C. The van der Waals surface area contributed by atoms with Crippen molar-refractivity contribution in [2.45, 2.75) is 26.8 Å². The van der Waals surface area contributed by atoms with Gasteiger partial charge in [-0.1, -0.05) is 11.6 Å². The lowest BCUT2D eigenvalue weighted by atomic mass is 10.3. The van der Waals surface area contributed by atoms with E-state index in [0.717, 1.165) is 0 Å². The molecule has 0 saturated heterocycles. The summed E-state index contributed by atoms with van der Waals surface area (Å²) < 4.78 is 1.43. The van der Waals surface area contributed by atoms with Gasteiger partial charge < -0.3 is 5.11 Å². The minimum atomic E-state index is -0.402. The first-order valence-corrected chi connectivity index (χ1v) is 4.30. The average molecular weight is 203 g/mol. The quantitative estimate of drug-likeness (QED) is 0.751. The molecule has 1 heterocycles. The Morgan fingerprint density at radius 2 is 2.08 bits per heavy atom. The van der Waals surface area contributed by atoms with Crippen molar-refractivity contribution < 1.29 is 5.11 Å².